The van der Waals surface area contributed by atoms with Gasteiger partial charge in [0.15, 0.2) is 0 Å². The maximum atomic E-state index is 11.9. The van der Waals surface area contributed by atoms with Crippen LogP contribution in [0, 0.1) is 18.3 Å². The molecular weight excluding hydrogens is 324 g/mol. The number of nitrogens with zero attached hydrogens (tertiary/aromatic N) is 2. The molecule has 6 heteroatoms. The first kappa shape index (κ1) is 18.0. The van der Waals surface area contributed by atoms with Gasteiger partial charge in [-0.2, -0.15) is 5.26 Å². The van der Waals surface area contributed by atoms with Gasteiger partial charge in [-0.3, -0.25) is 0 Å². The average molecular weight is 344 g/mol. The molecule has 0 aliphatic rings. The summed E-state index contributed by atoms with van der Waals surface area (Å²) in [4.78, 5) is 16.8. The minimum Gasteiger partial charge on any atom is -0.492 e. The van der Waals surface area contributed by atoms with Gasteiger partial charge in [-0.25, -0.2) is 9.78 Å². The first-order chi connectivity index (χ1) is 11.6. The number of benzene rings is 1. The van der Waals surface area contributed by atoms with E-state index in [-0.39, 0.29) is 5.97 Å². The third-order valence-corrected chi connectivity index (χ3v) is 4.55. The molecule has 0 saturated carbocycles. The summed E-state index contributed by atoms with van der Waals surface area (Å²) in [6, 6.07) is 7.54. The zero-order chi connectivity index (χ0) is 17.5. The number of hydrogen-bond donors (Lipinski definition) is 0. The first-order valence-corrected chi connectivity index (χ1v) is 8.74. The summed E-state index contributed by atoms with van der Waals surface area (Å²) in [5.41, 5.74) is 1.89. The van der Waals surface area contributed by atoms with Crippen LogP contribution in [-0.2, 0) is 4.74 Å². The molecule has 0 aliphatic heterocycles. The molecule has 2 rings (SSSR count). The van der Waals surface area contributed by atoms with Crippen molar-refractivity contribution in [3.05, 3.63) is 34.3 Å². The number of thiazole rings is 1. The van der Waals surface area contributed by atoms with Crippen molar-refractivity contribution in [2.45, 2.75) is 33.6 Å². The average Bonchev–Trinajstić information content (AvgIpc) is 2.97. The smallest absolute Gasteiger partial charge is 0.350 e. The Balaban J connectivity index is 2.28. The van der Waals surface area contributed by atoms with Crippen LogP contribution >= 0.6 is 11.3 Å². The molecule has 0 amide bonds. The lowest BCUT2D eigenvalue weighted by molar-refractivity contribution is 0.0531. The van der Waals surface area contributed by atoms with Crippen molar-refractivity contribution in [3.63, 3.8) is 0 Å². The summed E-state index contributed by atoms with van der Waals surface area (Å²) < 4.78 is 10.7. The van der Waals surface area contributed by atoms with Crippen molar-refractivity contribution in [3.8, 4) is 22.4 Å². The van der Waals surface area contributed by atoms with Crippen molar-refractivity contribution in [1.29, 1.82) is 5.26 Å². The standard InChI is InChI=1S/C18H20N2O3S/c1-4-6-9-23-15-8-7-13(10-14(15)11-19)17-20-12(3)16(24-17)18(21)22-5-2/h7-8,10H,4-6,9H2,1-3H3. The quantitative estimate of drug-likeness (QED) is 0.551. The zero-order valence-corrected chi connectivity index (χ0v) is 14.9. The Labute approximate surface area is 145 Å². The lowest BCUT2D eigenvalue weighted by Crippen LogP contribution is -2.03. The molecule has 24 heavy (non-hydrogen) atoms. The maximum absolute atomic E-state index is 11.9. The predicted molar refractivity (Wildman–Crippen MR) is 93.4 cm³/mol. The predicted octanol–water partition coefficient (Wildman–Crippen LogP) is 4.35. The summed E-state index contributed by atoms with van der Waals surface area (Å²) in [6.45, 7) is 6.55. The Kier molecular flexibility index (Phi) is 6.33. The molecule has 0 aliphatic carbocycles. The van der Waals surface area contributed by atoms with E-state index in [1.807, 2.05) is 6.07 Å². The highest BCUT2D eigenvalue weighted by molar-refractivity contribution is 7.17. The second kappa shape index (κ2) is 8.46. The fourth-order valence-electron chi connectivity index (χ4n) is 2.11. The second-order valence-electron chi connectivity index (χ2n) is 5.18. The summed E-state index contributed by atoms with van der Waals surface area (Å²) in [5.74, 6) is 0.215. The van der Waals surface area contributed by atoms with Gasteiger partial charge in [0.25, 0.3) is 0 Å². The van der Waals surface area contributed by atoms with Crippen molar-refractivity contribution in [1.82, 2.24) is 4.98 Å². The molecule has 0 radical (unpaired) electrons. The number of rotatable bonds is 7. The Morgan fingerprint density at radius 1 is 1.38 bits per heavy atom. The van der Waals surface area contributed by atoms with Gasteiger partial charge in [0.1, 0.15) is 21.7 Å². The SMILES string of the molecule is CCCCOc1ccc(-c2nc(C)c(C(=O)OCC)s2)cc1C#N. The number of unbranched alkanes of at least 4 members (excludes halogenated alkanes) is 1. The first-order valence-electron chi connectivity index (χ1n) is 7.92. The van der Waals surface area contributed by atoms with Gasteiger partial charge in [-0.1, -0.05) is 13.3 Å². The third kappa shape index (κ3) is 4.12. The number of aromatic nitrogens is 1. The molecule has 1 aromatic carbocycles. The van der Waals surface area contributed by atoms with E-state index in [4.69, 9.17) is 9.47 Å². The molecule has 5 nitrogen and oxygen atoms in total. The van der Waals surface area contributed by atoms with Crippen LogP contribution in [0.2, 0.25) is 0 Å². The van der Waals surface area contributed by atoms with Gasteiger partial charge in [0.2, 0.25) is 0 Å². The van der Waals surface area contributed by atoms with Gasteiger partial charge in [-0.15, -0.1) is 11.3 Å². The van der Waals surface area contributed by atoms with Crippen LogP contribution in [0.5, 0.6) is 5.75 Å². The Morgan fingerprint density at radius 2 is 2.17 bits per heavy atom. The Morgan fingerprint density at radius 3 is 2.83 bits per heavy atom. The molecular formula is C18H20N2O3S. The number of aryl methyl sites for hydroxylation is 1. The molecule has 2 aromatic rings. The van der Waals surface area contributed by atoms with Gasteiger partial charge < -0.3 is 9.47 Å². The number of nitriles is 1. The molecule has 0 N–H and O–H groups in total. The molecule has 0 bridgehead atoms. The van der Waals surface area contributed by atoms with E-state index in [0.717, 1.165) is 18.4 Å². The molecule has 126 valence electrons. The van der Waals surface area contributed by atoms with Crippen LogP contribution in [0.25, 0.3) is 10.6 Å². The van der Waals surface area contributed by atoms with Crippen molar-refractivity contribution in [2.24, 2.45) is 0 Å². The minimum absolute atomic E-state index is 0.327. The summed E-state index contributed by atoms with van der Waals surface area (Å²) in [6.07, 6.45) is 1.98. The van der Waals surface area contributed by atoms with Gasteiger partial charge in [-0.05, 0) is 38.5 Å². The van der Waals surface area contributed by atoms with Crippen LogP contribution < -0.4 is 4.74 Å². The Bertz CT molecular complexity index is 762. The highest BCUT2D eigenvalue weighted by Gasteiger charge is 2.18. The van der Waals surface area contributed by atoms with E-state index < -0.39 is 0 Å². The van der Waals surface area contributed by atoms with Crippen molar-refractivity contribution < 1.29 is 14.3 Å². The molecule has 0 atom stereocenters. The van der Waals surface area contributed by atoms with Gasteiger partial charge in [0, 0.05) is 5.56 Å². The topological polar surface area (TPSA) is 72.2 Å². The summed E-state index contributed by atoms with van der Waals surface area (Å²) in [5, 5.41) is 10.0. The molecule has 0 saturated heterocycles. The largest absolute Gasteiger partial charge is 0.492 e. The van der Waals surface area contributed by atoms with E-state index in [9.17, 15) is 10.1 Å². The van der Waals surface area contributed by atoms with Crippen LogP contribution in [0.3, 0.4) is 0 Å². The third-order valence-electron chi connectivity index (χ3n) is 3.36. The highest BCUT2D eigenvalue weighted by atomic mass is 32.1. The highest BCUT2D eigenvalue weighted by Crippen LogP contribution is 2.31. The van der Waals surface area contributed by atoms with E-state index >= 15 is 0 Å². The van der Waals surface area contributed by atoms with Crippen LogP contribution in [-0.4, -0.2) is 24.2 Å². The number of carbonyl (C=O) groups is 1. The summed E-state index contributed by atoms with van der Waals surface area (Å²) in [7, 11) is 0. The summed E-state index contributed by atoms with van der Waals surface area (Å²) >= 11 is 1.27. The lowest BCUT2D eigenvalue weighted by Gasteiger charge is -2.08. The second-order valence-corrected chi connectivity index (χ2v) is 6.18. The monoisotopic (exact) mass is 344 g/mol. The van der Waals surface area contributed by atoms with E-state index in [1.54, 1.807) is 26.0 Å². The minimum atomic E-state index is -0.362. The van der Waals surface area contributed by atoms with Crippen LogP contribution in [0.1, 0.15) is 47.6 Å². The van der Waals surface area contributed by atoms with Crippen molar-refractivity contribution in [2.75, 3.05) is 13.2 Å². The van der Waals surface area contributed by atoms with E-state index in [1.165, 1.54) is 11.3 Å². The molecule has 1 heterocycles. The van der Waals surface area contributed by atoms with Gasteiger partial charge >= 0.3 is 5.97 Å². The lowest BCUT2D eigenvalue weighted by atomic mass is 10.1. The van der Waals surface area contributed by atoms with Gasteiger partial charge in [0.05, 0.1) is 24.5 Å². The molecule has 0 spiro atoms. The van der Waals surface area contributed by atoms with Crippen molar-refractivity contribution >= 4 is 17.3 Å². The fourth-order valence-corrected chi connectivity index (χ4v) is 3.06. The zero-order valence-electron chi connectivity index (χ0n) is 14.1. The molecule has 1 aromatic heterocycles. The van der Waals surface area contributed by atoms with E-state index in [2.05, 4.69) is 18.0 Å². The number of ether oxygens (including phenoxy) is 2. The van der Waals surface area contributed by atoms with E-state index in [0.29, 0.717) is 40.1 Å². The number of esters is 1. The maximum Gasteiger partial charge on any atom is 0.350 e. The Hall–Kier alpha value is -2.39. The normalized spacial score (nSPS) is 10.2. The number of carbonyl (C=O) groups excluding carboxylic acids is 1. The number of hydrogen-bond acceptors (Lipinski definition) is 6. The molecule has 0 unspecified atom stereocenters. The van der Waals surface area contributed by atoms with Crippen LogP contribution in [0.15, 0.2) is 18.2 Å². The molecule has 0 fully saturated rings. The van der Waals surface area contributed by atoms with Crippen LogP contribution in [0.4, 0.5) is 0 Å². The fraction of sp³-hybridized carbons (Fsp3) is 0.389.